The van der Waals surface area contributed by atoms with Crippen molar-refractivity contribution >= 4 is 17.8 Å². The normalized spacial score (nSPS) is 17.4. The quantitative estimate of drug-likeness (QED) is 0.763. The Balaban J connectivity index is 2.51. The first-order chi connectivity index (χ1) is 9.34. The summed E-state index contributed by atoms with van der Waals surface area (Å²) in [6.07, 6.45) is 5.49. The van der Waals surface area contributed by atoms with Crippen molar-refractivity contribution in [2.75, 3.05) is 20.6 Å². The Hall–Kier alpha value is -1.59. The Morgan fingerprint density at radius 3 is 2.20 bits per heavy atom. The second-order valence-electron chi connectivity index (χ2n) is 5.55. The Labute approximate surface area is 119 Å². The van der Waals surface area contributed by atoms with Crippen LogP contribution in [-0.4, -0.2) is 59.4 Å². The SMILES string of the molecule is CC(C(=O)O)C(=O)N(C)CC(=O)N(C)C1CCCCC1. The van der Waals surface area contributed by atoms with Crippen LogP contribution in [0.15, 0.2) is 0 Å². The lowest BCUT2D eigenvalue weighted by atomic mass is 9.94. The van der Waals surface area contributed by atoms with Crippen LogP contribution < -0.4 is 0 Å². The molecule has 114 valence electrons. The van der Waals surface area contributed by atoms with Crippen LogP contribution in [0.1, 0.15) is 39.0 Å². The van der Waals surface area contributed by atoms with Gasteiger partial charge >= 0.3 is 5.97 Å². The highest BCUT2D eigenvalue weighted by Crippen LogP contribution is 2.21. The van der Waals surface area contributed by atoms with E-state index < -0.39 is 17.8 Å². The standard InChI is InChI=1S/C14H24N2O4/c1-10(14(19)20)13(18)15(2)9-12(17)16(3)11-7-5-4-6-8-11/h10-11H,4-9H2,1-3H3,(H,19,20). The van der Waals surface area contributed by atoms with E-state index in [9.17, 15) is 14.4 Å². The summed E-state index contributed by atoms with van der Waals surface area (Å²) in [7, 11) is 3.23. The fourth-order valence-corrected chi connectivity index (χ4v) is 2.50. The van der Waals surface area contributed by atoms with Crippen molar-refractivity contribution in [3.8, 4) is 0 Å². The first-order valence-electron chi connectivity index (χ1n) is 7.08. The van der Waals surface area contributed by atoms with E-state index >= 15 is 0 Å². The van der Waals surface area contributed by atoms with Gasteiger partial charge in [-0.1, -0.05) is 19.3 Å². The summed E-state index contributed by atoms with van der Waals surface area (Å²) in [6.45, 7) is 1.26. The van der Waals surface area contributed by atoms with E-state index in [1.807, 2.05) is 0 Å². The van der Waals surface area contributed by atoms with Gasteiger partial charge in [0.05, 0.1) is 6.54 Å². The average molecular weight is 284 g/mol. The summed E-state index contributed by atoms with van der Waals surface area (Å²) in [6, 6.07) is 0.247. The minimum absolute atomic E-state index is 0.0660. The van der Waals surface area contributed by atoms with Crippen LogP contribution in [0.2, 0.25) is 0 Å². The third kappa shape index (κ3) is 4.21. The number of rotatable bonds is 5. The minimum Gasteiger partial charge on any atom is -0.481 e. The van der Waals surface area contributed by atoms with Gasteiger partial charge in [-0.3, -0.25) is 14.4 Å². The van der Waals surface area contributed by atoms with E-state index in [0.717, 1.165) is 25.7 Å². The van der Waals surface area contributed by atoms with E-state index in [1.54, 1.807) is 11.9 Å². The first-order valence-corrected chi connectivity index (χ1v) is 7.08. The molecule has 0 aromatic heterocycles. The molecule has 1 N–H and O–H groups in total. The number of carbonyl (C=O) groups excluding carboxylic acids is 2. The van der Waals surface area contributed by atoms with Crippen LogP contribution in [-0.2, 0) is 14.4 Å². The second kappa shape index (κ2) is 7.26. The lowest BCUT2D eigenvalue weighted by Gasteiger charge is -2.32. The zero-order chi connectivity index (χ0) is 15.3. The van der Waals surface area contributed by atoms with Crippen LogP contribution in [0.5, 0.6) is 0 Å². The van der Waals surface area contributed by atoms with E-state index in [4.69, 9.17) is 5.11 Å². The molecule has 1 saturated carbocycles. The fraction of sp³-hybridized carbons (Fsp3) is 0.786. The number of nitrogens with zero attached hydrogens (tertiary/aromatic N) is 2. The maximum Gasteiger partial charge on any atom is 0.315 e. The molecule has 2 amide bonds. The van der Waals surface area contributed by atoms with Gasteiger partial charge in [0, 0.05) is 20.1 Å². The molecule has 0 bridgehead atoms. The van der Waals surface area contributed by atoms with Crippen molar-refractivity contribution < 1.29 is 19.5 Å². The molecule has 0 aromatic rings. The Morgan fingerprint density at radius 1 is 1.15 bits per heavy atom. The minimum atomic E-state index is -1.17. The number of hydrogen-bond acceptors (Lipinski definition) is 3. The number of aliphatic carboxylic acids is 1. The van der Waals surface area contributed by atoms with Crippen LogP contribution in [0.4, 0.5) is 0 Å². The van der Waals surface area contributed by atoms with Crippen LogP contribution in [0, 0.1) is 5.92 Å². The van der Waals surface area contributed by atoms with Gasteiger partial charge in [0.15, 0.2) is 0 Å². The van der Waals surface area contributed by atoms with Crippen LogP contribution in [0.3, 0.4) is 0 Å². The highest BCUT2D eigenvalue weighted by molar-refractivity contribution is 5.97. The average Bonchev–Trinajstić information content (AvgIpc) is 2.45. The topological polar surface area (TPSA) is 77.9 Å². The van der Waals surface area contributed by atoms with Crippen molar-refractivity contribution in [2.45, 2.75) is 45.1 Å². The zero-order valence-electron chi connectivity index (χ0n) is 12.5. The van der Waals surface area contributed by atoms with E-state index in [2.05, 4.69) is 0 Å². The smallest absolute Gasteiger partial charge is 0.315 e. The van der Waals surface area contributed by atoms with E-state index in [1.165, 1.54) is 25.3 Å². The van der Waals surface area contributed by atoms with Gasteiger partial charge in [-0.25, -0.2) is 0 Å². The number of hydrogen-bond donors (Lipinski definition) is 1. The molecule has 0 radical (unpaired) electrons. The summed E-state index contributed by atoms with van der Waals surface area (Å²) in [4.78, 5) is 37.6. The molecule has 1 unspecified atom stereocenters. The van der Waals surface area contributed by atoms with Gasteiger partial charge in [0.1, 0.15) is 5.92 Å². The highest BCUT2D eigenvalue weighted by atomic mass is 16.4. The predicted octanol–water partition coefficient (Wildman–Crippen LogP) is 0.957. The maximum atomic E-state index is 12.1. The third-order valence-electron chi connectivity index (χ3n) is 4.01. The number of carboxylic acid groups (broad SMARTS) is 1. The Bertz CT molecular complexity index is 377. The van der Waals surface area contributed by atoms with Crippen molar-refractivity contribution in [3.63, 3.8) is 0 Å². The molecule has 1 rings (SSSR count). The summed E-state index contributed by atoms with van der Waals surface area (Å²) >= 11 is 0. The van der Waals surface area contributed by atoms with Crippen LogP contribution in [0.25, 0.3) is 0 Å². The van der Waals surface area contributed by atoms with Gasteiger partial charge in [0.2, 0.25) is 11.8 Å². The zero-order valence-corrected chi connectivity index (χ0v) is 12.5. The first kappa shape index (κ1) is 16.5. The Morgan fingerprint density at radius 2 is 1.70 bits per heavy atom. The summed E-state index contributed by atoms with van der Waals surface area (Å²) in [5.74, 6) is -2.96. The third-order valence-corrected chi connectivity index (χ3v) is 4.01. The van der Waals surface area contributed by atoms with Gasteiger partial charge < -0.3 is 14.9 Å². The number of likely N-dealkylation sites (N-methyl/N-ethyl adjacent to an activating group) is 2. The van der Waals surface area contributed by atoms with Crippen molar-refractivity contribution in [3.05, 3.63) is 0 Å². The lowest BCUT2D eigenvalue weighted by Crippen LogP contribution is -2.46. The highest BCUT2D eigenvalue weighted by Gasteiger charge is 2.27. The molecule has 0 heterocycles. The fourth-order valence-electron chi connectivity index (χ4n) is 2.50. The number of carbonyl (C=O) groups is 3. The number of carboxylic acids is 1. The maximum absolute atomic E-state index is 12.1. The molecular weight excluding hydrogens is 260 g/mol. The second-order valence-corrected chi connectivity index (χ2v) is 5.55. The summed E-state index contributed by atoms with van der Waals surface area (Å²) in [5, 5.41) is 8.81. The molecule has 0 saturated heterocycles. The molecular formula is C14H24N2O4. The molecule has 0 aromatic carbocycles. The lowest BCUT2D eigenvalue weighted by molar-refractivity contribution is -0.152. The van der Waals surface area contributed by atoms with Crippen molar-refractivity contribution in [2.24, 2.45) is 5.92 Å². The van der Waals surface area contributed by atoms with E-state index in [-0.39, 0.29) is 18.5 Å². The summed E-state index contributed by atoms with van der Waals surface area (Å²) in [5.41, 5.74) is 0. The summed E-state index contributed by atoms with van der Waals surface area (Å²) < 4.78 is 0. The van der Waals surface area contributed by atoms with Gasteiger partial charge in [-0.05, 0) is 19.8 Å². The molecule has 1 fully saturated rings. The van der Waals surface area contributed by atoms with Crippen molar-refractivity contribution in [1.29, 1.82) is 0 Å². The molecule has 6 nitrogen and oxygen atoms in total. The molecule has 1 aliphatic carbocycles. The van der Waals surface area contributed by atoms with Crippen LogP contribution >= 0.6 is 0 Å². The molecule has 20 heavy (non-hydrogen) atoms. The predicted molar refractivity (Wildman–Crippen MR) is 74.1 cm³/mol. The molecule has 1 atom stereocenters. The van der Waals surface area contributed by atoms with E-state index in [0.29, 0.717) is 0 Å². The number of amides is 2. The molecule has 0 spiro atoms. The van der Waals surface area contributed by atoms with Gasteiger partial charge in [-0.15, -0.1) is 0 Å². The molecule has 6 heteroatoms. The monoisotopic (exact) mass is 284 g/mol. The molecule has 1 aliphatic rings. The van der Waals surface area contributed by atoms with Gasteiger partial charge in [-0.2, -0.15) is 0 Å². The molecule has 0 aliphatic heterocycles. The Kier molecular flexibility index (Phi) is 5.98. The van der Waals surface area contributed by atoms with Gasteiger partial charge in [0.25, 0.3) is 0 Å². The van der Waals surface area contributed by atoms with Crippen molar-refractivity contribution in [1.82, 2.24) is 9.80 Å². The largest absolute Gasteiger partial charge is 0.481 e.